The molecule has 0 saturated heterocycles. The SMILES string of the molecule is COc1ccc(C(=O)Nc2cc(C)cnc2Cl)cc1N. The monoisotopic (exact) mass is 291 g/mol. The van der Waals surface area contributed by atoms with Crippen molar-refractivity contribution < 1.29 is 9.53 Å². The van der Waals surface area contributed by atoms with Gasteiger partial charge in [0.2, 0.25) is 0 Å². The van der Waals surface area contributed by atoms with Gasteiger partial charge in [-0.05, 0) is 36.8 Å². The molecule has 20 heavy (non-hydrogen) atoms. The van der Waals surface area contributed by atoms with E-state index in [4.69, 9.17) is 22.1 Å². The fourth-order valence-electron chi connectivity index (χ4n) is 1.71. The second-order valence-electron chi connectivity index (χ2n) is 4.26. The predicted molar refractivity (Wildman–Crippen MR) is 79.3 cm³/mol. The van der Waals surface area contributed by atoms with Gasteiger partial charge >= 0.3 is 0 Å². The average Bonchev–Trinajstić information content (AvgIpc) is 2.42. The number of aromatic nitrogens is 1. The fourth-order valence-corrected chi connectivity index (χ4v) is 1.86. The minimum atomic E-state index is -0.311. The number of halogens is 1. The Morgan fingerprint density at radius 3 is 2.80 bits per heavy atom. The molecule has 2 aromatic rings. The normalized spacial score (nSPS) is 10.2. The number of benzene rings is 1. The Hall–Kier alpha value is -2.27. The second kappa shape index (κ2) is 5.79. The van der Waals surface area contributed by atoms with Crippen LogP contribution in [0.3, 0.4) is 0 Å². The smallest absolute Gasteiger partial charge is 0.255 e. The highest BCUT2D eigenvalue weighted by molar-refractivity contribution is 6.32. The third-order valence-electron chi connectivity index (χ3n) is 2.72. The van der Waals surface area contributed by atoms with E-state index in [-0.39, 0.29) is 11.1 Å². The number of methoxy groups -OCH3 is 1. The zero-order chi connectivity index (χ0) is 14.7. The number of rotatable bonds is 3. The first kappa shape index (κ1) is 14.1. The molecule has 2 rings (SSSR count). The molecule has 1 heterocycles. The molecule has 5 nitrogen and oxygen atoms in total. The van der Waals surface area contributed by atoms with Gasteiger partial charge in [-0.3, -0.25) is 4.79 Å². The number of nitrogens with one attached hydrogen (secondary N) is 1. The lowest BCUT2D eigenvalue weighted by molar-refractivity contribution is 0.102. The van der Waals surface area contributed by atoms with Crippen molar-refractivity contribution in [2.75, 3.05) is 18.2 Å². The van der Waals surface area contributed by atoms with Crippen LogP contribution in [0.15, 0.2) is 30.5 Å². The topological polar surface area (TPSA) is 77.2 Å². The van der Waals surface area contributed by atoms with Gasteiger partial charge in [0.1, 0.15) is 5.75 Å². The maximum absolute atomic E-state index is 12.1. The number of aryl methyl sites for hydroxylation is 1. The summed E-state index contributed by atoms with van der Waals surface area (Å²) in [7, 11) is 1.52. The number of nitrogens with two attached hydrogens (primary N) is 1. The summed E-state index contributed by atoms with van der Waals surface area (Å²) in [5.74, 6) is 0.213. The highest BCUT2D eigenvalue weighted by Gasteiger charge is 2.11. The molecule has 1 aromatic heterocycles. The van der Waals surface area contributed by atoms with Gasteiger partial charge < -0.3 is 15.8 Å². The summed E-state index contributed by atoms with van der Waals surface area (Å²) in [6.07, 6.45) is 1.63. The zero-order valence-corrected chi connectivity index (χ0v) is 11.9. The Kier molecular flexibility index (Phi) is 4.10. The Bertz CT molecular complexity index is 659. The summed E-state index contributed by atoms with van der Waals surface area (Å²) in [6.45, 7) is 1.87. The number of ether oxygens (including phenoxy) is 1. The summed E-state index contributed by atoms with van der Waals surface area (Å²) in [4.78, 5) is 16.1. The number of anilines is 2. The van der Waals surface area contributed by atoms with Crippen molar-refractivity contribution in [2.45, 2.75) is 6.92 Å². The van der Waals surface area contributed by atoms with Gasteiger partial charge in [-0.15, -0.1) is 0 Å². The van der Waals surface area contributed by atoms with Crippen molar-refractivity contribution in [1.82, 2.24) is 4.98 Å². The number of nitrogens with zero attached hydrogens (tertiary/aromatic N) is 1. The lowest BCUT2D eigenvalue weighted by Crippen LogP contribution is -2.13. The van der Waals surface area contributed by atoms with Crippen LogP contribution in [0.1, 0.15) is 15.9 Å². The number of pyridine rings is 1. The predicted octanol–water partition coefficient (Wildman–Crippen LogP) is 2.89. The third-order valence-corrected chi connectivity index (χ3v) is 3.02. The zero-order valence-electron chi connectivity index (χ0n) is 11.1. The molecule has 6 heteroatoms. The van der Waals surface area contributed by atoms with Gasteiger partial charge in [0.25, 0.3) is 5.91 Å². The van der Waals surface area contributed by atoms with Gasteiger partial charge in [0.15, 0.2) is 5.15 Å². The van der Waals surface area contributed by atoms with E-state index in [9.17, 15) is 4.79 Å². The minimum Gasteiger partial charge on any atom is -0.495 e. The van der Waals surface area contributed by atoms with Gasteiger partial charge in [-0.2, -0.15) is 0 Å². The summed E-state index contributed by atoms with van der Waals surface area (Å²) >= 11 is 5.94. The number of amides is 1. The summed E-state index contributed by atoms with van der Waals surface area (Å²) in [5.41, 5.74) is 7.95. The standard InChI is InChI=1S/C14H14ClN3O2/c1-8-5-11(13(15)17-7-8)18-14(19)9-3-4-12(20-2)10(16)6-9/h3-7H,16H2,1-2H3,(H,18,19). The molecule has 3 N–H and O–H groups in total. The summed E-state index contributed by atoms with van der Waals surface area (Å²) in [6, 6.07) is 6.56. The molecular weight excluding hydrogens is 278 g/mol. The van der Waals surface area contributed by atoms with Crippen LogP contribution in [0.2, 0.25) is 5.15 Å². The van der Waals surface area contributed by atoms with Crippen LogP contribution in [0.5, 0.6) is 5.75 Å². The largest absolute Gasteiger partial charge is 0.495 e. The van der Waals surface area contributed by atoms with Crippen molar-refractivity contribution in [3.63, 3.8) is 0 Å². The van der Waals surface area contributed by atoms with Crippen LogP contribution in [0.25, 0.3) is 0 Å². The Morgan fingerprint density at radius 1 is 1.40 bits per heavy atom. The summed E-state index contributed by atoms with van der Waals surface area (Å²) < 4.78 is 5.05. The van der Waals surface area contributed by atoms with Crippen molar-refractivity contribution in [1.29, 1.82) is 0 Å². The molecule has 0 saturated carbocycles. The van der Waals surface area contributed by atoms with E-state index < -0.39 is 0 Å². The van der Waals surface area contributed by atoms with Gasteiger partial charge in [-0.1, -0.05) is 11.6 Å². The molecule has 0 aliphatic heterocycles. The molecular formula is C14H14ClN3O2. The van der Waals surface area contributed by atoms with E-state index in [0.29, 0.717) is 22.7 Å². The lowest BCUT2D eigenvalue weighted by atomic mass is 10.1. The quantitative estimate of drug-likeness (QED) is 0.673. The van der Waals surface area contributed by atoms with E-state index in [1.807, 2.05) is 6.92 Å². The van der Waals surface area contributed by atoms with Crippen molar-refractivity contribution in [2.24, 2.45) is 0 Å². The highest BCUT2D eigenvalue weighted by atomic mass is 35.5. The van der Waals surface area contributed by atoms with E-state index >= 15 is 0 Å². The molecule has 0 aliphatic carbocycles. The first-order valence-electron chi connectivity index (χ1n) is 5.88. The highest BCUT2D eigenvalue weighted by Crippen LogP contribution is 2.24. The number of hydrogen-bond acceptors (Lipinski definition) is 4. The van der Waals surface area contributed by atoms with Crippen LogP contribution in [-0.4, -0.2) is 18.0 Å². The van der Waals surface area contributed by atoms with E-state index in [1.54, 1.807) is 30.5 Å². The molecule has 0 radical (unpaired) electrons. The van der Waals surface area contributed by atoms with Crippen LogP contribution in [0.4, 0.5) is 11.4 Å². The van der Waals surface area contributed by atoms with Crippen LogP contribution >= 0.6 is 11.6 Å². The maximum atomic E-state index is 12.1. The number of hydrogen-bond donors (Lipinski definition) is 2. The minimum absolute atomic E-state index is 0.241. The Morgan fingerprint density at radius 2 is 2.15 bits per heavy atom. The van der Waals surface area contributed by atoms with Crippen molar-refractivity contribution in [3.8, 4) is 5.75 Å². The molecule has 0 aliphatic rings. The molecule has 0 atom stereocenters. The lowest BCUT2D eigenvalue weighted by Gasteiger charge is -2.09. The molecule has 104 valence electrons. The molecule has 1 aromatic carbocycles. The number of carbonyl (C=O) groups excluding carboxylic acids is 1. The Labute approximate surface area is 121 Å². The van der Waals surface area contributed by atoms with Crippen LogP contribution < -0.4 is 15.8 Å². The number of carbonyl (C=O) groups is 1. The molecule has 0 fully saturated rings. The van der Waals surface area contributed by atoms with Crippen molar-refractivity contribution in [3.05, 3.63) is 46.7 Å². The molecule has 1 amide bonds. The molecule has 0 unspecified atom stereocenters. The van der Waals surface area contributed by atoms with E-state index in [0.717, 1.165) is 5.56 Å². The first-order chi connectivity index (χ1) is 9.51. The van der Waals surface area contributed by atoms with Crippen molar-refractivity contribution >= 4 is 28.9 Å². The molecule has 0 spiro atoms. The van der Waals surface area contributed by atoms with Gasteiger partial charge in [0, 0.05) is 11.8 Å². The fraction of sp³-hybridized carbons (Fsp3) is 0.143. The van der Waals surface area contributed by atoms with Crippen LogP contribution in [0, 0.1) is 6.92 Å². The first-order valence-corrected chi connectivity index (χ1v) is 6.26. The van der Waals surface area contributed by atoms with E-state index in [2.05, 4.69) is 10.3 Å². The average molecular weight is 292 g/mol. The number of nitrogen functional groups attached to an aromatic ring is 1. The Balaban J connectivity index is 2.24. The molecule has 0 bridgehead atoms. The van der Waals surface area contributed by atoms with Gasteiger partial charge in [-0.25, -0.2) is 4.98 Å². The van der Waals surface area contributed by atoms with E-state index in [1.165, 1.54) is 7.11 Å². The summed E-state index contributed by atoms with van der Waals surface area (Å²) in [5, 5.41) is 2.94. The maximum Gasteiger partial charge on any atom is 0.255 e. The second-order valence-corrected chi connectivity index (χ2v) is 4.62. The third kappa shape index (κ3) is 3.00. The van der Waals surface area contributed by atoms with Crippen LogP contribution in [-0.2, 0) is 0 Å². The van der Waals surface area contributed by atoms with Gasteiger partial charge in [0.05, 0.1) is 18.5 Å².